The van der Waals surface area contributed by atoms with Crippen molar-refractivity contribution in [2.45, 2.75) is 6.17 Å². The van der Waals surface area contributed by atoms with E-state index in [1.165, 1.54) is 23.0 Å². The van der Waals surface area contributed by atoms with Crippen LogP contribution in [0.3, 0.4) is 0 Å². The molecule has 2 aromatic heterocycles. The molecule has 2 aliphatic heterocycles. The number of anilines is 2. The molecule has 2 aliphatic rings. The molecule has 6 rings (SSSR count). The minimum absolute atomic E-state index is 0.0473. The van der Waals surface area contributed by atoms with Gasteiger partial charge in [-0.25, -0.2) is 17.9 Å². The number of piperazine rings is 1. The predicted molar refractivity (Wildman–Crippen MR) is 151 cm³/mol. The number of alkyl halides is 1. The zero-order valence-electron chi connectivity index (χ0n) is 21.6. The number of halogens is 4. The summed E-state index contributed by atoms with van der Waals surface area (Å²) in [4.78, 5) is 6.10. The second kappa shape index (κ2) is 11.0. The third-order valence-corrected chi connectivity index (χ3v) is 8.71. The smallest absolute Gasteiger partial charge is 0.301 e. The molecule has 0 saturated carbocycles. The normalized spacial score (nSPS) is 16.5. The molecule has 0 unspecified atom stereocenters. The SMILES string of the molecule is O=S(=O)(Nc1cc(Cl)cc(-c2cn(-c3ccc(N4CCNCC4)cc3F)nc2-c2ccncc2)c1F)N1CC(F)C1. The van der Waals surface area contributed by atoms with E-state index < -0.39 is 33.7 Å². The van der Waals surface area contributed by atoms with E-state index in [4.69, 9.17) is 11.6 Å². The first-order valence-corrected chi connectivity index (χ1v) is 14.7. The molecular formula is C27H25ClF3N7O2S. The standard InChI is InChI=1S/C27H25ClF3N7O2S/c28-18-11-21(26(31)24(12-18)35-41(39,40)37-14-19(29)15-37)22-16-38(34-27(22)17-3-5-32-6-4-17)25-2-1-20(13-23(25)30)36-9-7-33-8-10-36/h1-6,11-13,16,19,33,35H,7-10,14-15H2. The van der Waals surface area contributed by atoms with E-state index in [9.17, 15) is 12.8 Å². The van der Waals surface area contributed by atoms with E-state index in [1.54, 1.807) is 30.6 Å². The first-order valence-electron chi connectivity index (χ1n) is 12.9. The molecule has 0 aliphatic carbocycles. The van der Waals surface area contributed by atoms with Crippen molar-refractivity contribution in [3.05, 3.63) is 77.7 Å². The van der Waals surface area contributed by atoms with Crippen LogP contribution >= 0.6 is 11.6 Å². The average molecular weight is 604 g/mol. The zero-order valence-corrected chi connectivity index (χ0v) is 23.1. The van der Waals surface area contributed by atoms with Gasteiger partial charge in [0, 0.05) is 85.3 Å². The third kappa shape index (κ3) is 5.49. The van der Waals surface area contributed by atoms with Crippen LogP contribution in [-0.2, 0) is 10.2 Å². The van der Waals surface area contributed by atoms with Gasteiger partial charge in [0.05, 0.1) is 5.69 Å². The Bertz CT molecular complexity index is 1690. The quantitative estimate of drug-likeness (QED) is 0.328. The molecule has 41 heavy (non-hydrogen) atoms. The van der Waals surface area contributed by atoms with Gasteiger partial charge < -0.3 is 10.2 Å². The summed E-state index contributed by atoms with van der Waals surface area (Å²) in [6, 6.07) is 10.7. The van der Waals surface area contributed by atoms with E-state index in [-0.39, 0.29) is 34.9 Å². The summed E-state index contributed by atoms with van der Waals surface area (Å²) in [6.07, 6.45) is 3.28. The van der Waals surface area contributed by atoms with Crippen LogP contribution in [0.5, 0.6) is 0 Å². The second-order valence-electron chi connectivity index (χ2n) is 9.78. The molecule has 9 nitrogen and oxygen atoms in total. The number of hydrogen-bond acceptors (Lipinski definition) is 6. The lowest BCUT2D eigenvalue weighted by atomic mass is 10.0. The van der Waals surface area contributed by atoms with Crippen LogP contribution in [0.2, 0.25) is 5.02 Å². The lowest BCUT2D eigenvalue weighted by Crippen LogP contribution is -2.53. The van der Waals surface area contributed by atoms with Crippen LogP contribution < -0.4 is 14.9 Å². The van der Waals surface area contributed by atoms with Crippen LogP contribution in [0.4, 0.5) is 24.5 Å². The highest BCUT2D eigenvalue weighted by Gasteiger charge is 2.36. The fraction of sp³-hybridized carbons (Fsp3) is 0.259. The molecule has 2 N–H and O–H groups in total. The molecule has 2 saturated heterocycles. The van der Waals surface area contributed by atoms with Gasteiger partial charge in [-0.3, -0.25) is 9.71 Å². The molecule has 0 bridgehead atoms. The van der Waals surface area contributed by atoms with Gasteiger partial charge in [0.15, 0.2) is 11.6 Å². The Hall–Kier alpha value is -3.65. The Morgan fingerprint density at radius 2 is 1.73 bits per heavy atom. The Labute approximate surface area is 239 Å². The molecule has 0 atom stereocenters. The highest BCUT2D eigenvalue weighted by molar-refractivity contribution is 7.90. The summed E-state index contributed by atoms with van der Waals surface area (Å²) in [5.74, 6) is -1.43. The number of hydrogen-bond donors (Lipinski definition) is 2. The van der Waals surface area contributed by atoms with Crippen LogP contribution in [0.25, 0.3) is 28.1 Å². The van der Waals surface area contributed by atoms with Gasteiger partial charge in [-0.15, -0.1) is 0 Å². The van der Waals surface area contributed by atoms with Crippen LogP contribution in [0.15, 0.2) is 61.1 Å². The van der Waals surface area contributed by atoms with Crippen molar-refractivity contribution in [3.8, 4) is 28.1 Å². The Morgan fingerprint density at radius 1 is 1.00 bits per heavy atom. The maximum Gasteiger partial charge on any atom is 0.301 e. The molecule has 0 amide bonds. The van der Waals surface area contributed by atoms with E-state index in [0.29, 0.717) is 11.3 Å². The summed E-state index contributed by atoms with van der Waals surface area (Å²) < 4.78 is 74.4. The topological polar surface area (TPSA) is 95.4 Å². The molecule has 0 spiro atoms. The molecule has 2 aromatic carbocycles. The number of pyridine rings is 1. The van der Waals surface area contributed by atoms with Crippen LogP contribution in [0.1, 0.15) is 0 Å². The predicted octanol–water partition coefficient (Wildman–Crippen LogP) is 4.25. The van der Waals surface area contributed by atoms with Gasteiger partial charge in [0.1, 0.15) is 17.6 Å². The summed E-state index contributed by atoms with van der Waals surface area (Å²) >= 11 is 6.31. The highest BCUT2D eigenvalue weighted by atomic mass is 35.5. The summed E-state index contributed by atoms with van der Waals surface area (Å²) in [7, 11) is -4.21. The number of rotatable bonds is 7. The average Bonchev–Trinajstić information content (AvgIpc) is 3.39. The maximum atomic E-state index is 16.0. The van der Waals surface area contributed by atoms with Crippen molar-refractivity contribution < 1.29 is 21.6 Å². The summed E-state index contributed by atoms with van der Waals surface area (Å²) in [6.45, 7) is 2.48. The van der Waals surface area contributed by atoms with Gasteiger partial charge in [0.2, 0.25) is 0 Å². The monoisotopic (exact) mass is 603 g/mol. The van der Waals surface area contributed by atoms with Crippen molar-refractivity contribution in [2.75, 3.05) is 48.9 Å². The number of aromatic nitrogens is 3. The molecule has 0 radical (unpaired) electrons. The minimum Gasteiger partial charge on any atom is -0.369 e. The minimum atomic E-state index is -4.21. The first-order chi connectivity index (χ1) is 19.7. The zero-order chi connectivity index (χ0) is 28.7. The van der Waals surface area contributed by atoms with Crippen LogP contribution in [0, 0.1) is 11.6 Å². The molecule has 2 fully saturated rings. The number of benzene rings is 2. The fourth-order valence-corrected chi connectivity index (χ4v) is 6.36. The van der Waals surface area contributed by atoms with Crippen molar-refractivity contribution in [3.63, 3.8) is 0 Å². The molecular weight excluding hydrogens is 579 g/mol. The summed E-state index contributed by atoms with van der Waals surface area (Å²) in [5, 5.41) is 7.90. The molecule has 214 valence electrons. The number of nitrogens with zero attached hydrogens (tertiary/aromatic N) is 5. The highest BCUT2D eigenvalue weighted by Crippen LogP contribution is 2.38. The van der Waals surface area contributed by atoms with Crippen molar-refractivity contribution in [1.82, 2.24) is 24.4 Å². The maximum absolute atomic E-state index is 16.0. The van der Waals surface area contributed by atoms with Crippen LogP contribution in [-0.4, -0.2) is 72.9 Å². The van der Waals surface area contributed by atoms with Gasteiger partial charge in [-0.05, 0) is 42.5 Å². The largest absolute Gasteiger partial charge is 0.369 e. The first kappa shape index (κ1) is 27.5. The lowest BCUT2D eigenvalue weighted by Gasteiger charge is -2.33. The molecule has 14 heteroatoms. The Balaban J connectivity index is 1.42. The van der Waals surface area contributed by atoms with Gasteiger partial charge in [-0.1, -0.05) is 11.6 Å². The van der Waals surface area contributed by atoms with E-state index in [2.05, 4.69) is 25.0 Å². The Morgan fingerprint density at radius 3 is 2.41 bits per heavy atom. The van der Waals surface area contributed by atoms with E-state index >= 15 is 8.78 Å². The van der Waals surface area contributed by atoms with Crippen molar-refractivity contribution >= 4 is 33.2 Å². The van der Waals surface area contributed by atoms with Crippen molar-refractivity contribution in [2.24, 2.45) is 0 Å². The van der Waals surface area contributed by atoms with Gasteiger partial charge >= 0.3 is 10.2 Å². The molecule has 4 heterocycles. The molecule has 4 aromatic rings. The third-order valence-electron chi connectivity index (χ3n) is 7.04. The van der Waals surface area contributed by atoms with E-state index in [0.717, 1.165) is 42.2 Å². The fourth-order valence-electron chi connectivity index (χ4n) is 4.87. The number of nitrogens with one attached hydrogen (secondary N) is 2. The second-order valence-corrected chi connectivity index (χ2v) is 11.9. The van der Waals surface area contributed by atoms with Gasteiger partial charge in [0.25, 0.3) is 0 Å². The Kier molecular flexibility index (Phi) is 7.36. The van der Waals surface area contributed by atoms with Gasteiger partial charge in [-0.2, -0.15) is 17.8 Å². The lowest BCUT2D eigenvalue weighted by molar-refractivity contribution is 0.142. The summed E-state index contributed by atoms with van der Waals surface area (Å²) in [5.41, 5.74) is 1.54. The van der Waals surface area contributed by atoms with E-state index in [1.807, 2.05) is 6.07 Å². The van der Waals surface area contributed by atoms with Crippen molar-refractivity contribution in [1.29, 1.82) is 0 Å².